The molecule has 0 aliphatic carbocycles. The number of amides is 2. The second-order valence-electron chi connectivity index (χ2n) is 6.56. The maximum atomic E-state index is 12.6. The average Bonchev–Trinajstić information content (AvgIpc) is 2.97. The van der Waals surface area contributed by atoms with Gasteiger partial charge in [-0.2, -0.15) is 0 Å². The Morgan fingerprint density at radius 3 is 2.60 bits per heavy atom. The summed E-state index contributed by atoms with van der Waals surface area (Å²) in [4.78, 5) is 26.7. The lowest BCUT2D eigenvalue weighted by molar-refractivity contribution is -0.123. The van der Waals surface area contributed by atoms with Gasteiger partial charge in [-0.3, -0.25) is 14.5 Å². The van der Waals surface area contributed by atoms with Crippen molar-refractivity contribution in [2.24, 2.45) is 0 Å². The van der Waals surface area contributed by atoms with Crippen LogP contribution in [0.1, 0.15) is 17.5 Å². The fraction of sp³-hybridized carbons (Fsp3) is 0.190. The lowest BCUT2D eigenvalue weighted by Gasteiger charge is -2.14. The summed E-state index contributed by atoms with van der Waals surface area (Å²) in [5, 5.41) is 22.2. The minimum absolute atomic E-state index is 0.126. The summed E-state index contributed by atoms with van der Waals surface area (Å²) in [6.07, 6.45) is 2.38. The number of nitrogens with one attached hydrogen (secondary N) is 1. The van der Waals surface area contributed by atoms with E-state index in [9.17, 15) is 19.8 Å². The number of hydrogen-bond acceptors (Lipinski definition) is 6. The van der Waals surface area contributed by atoms with Crippen molar-refractivity contribution < 1.29 is 19.8 Å². The Labute approximate surface area is 188 Å². The summed E-state index contributed by atoms with van der Waals surface area (Å²) >= 11 is 12.4. The van der Waals surface area contributed by atoms with Gasteiger partial charge in [0.25, 0.3) is 5.91 Å². The molecule has 156 valence electrons. The van der Waals surface area contributed by atoms with Gasteiger partial charge in [0, 0.05) is 24.5 Å². The average molecular weight is 463 g/mol. The van der Waals surface area contributed by atoms with Crippen LogP contribution in [0.2, 0.25) is 5.02 Å². The van der Waals surface area contributed by atoms with E-state index in [0.29, 0.717) is 27.2 Å². The van der Waals surface area contributed by atoms with Crippen molar-refractivity contribution >= 4 is 57.8 Å². The highest BCUT2D eigenvalue weighted by Crippen LogP contribution is 2.32. The molecule has 30 heavy (non-hydrogen) atoms. The molecule has 6 nitrogen and oxygen atoms in total. The van der Waals surface area contributed by atoms with E-state index in [0.717, 1.165) is 11.1 Å². The van der Waals surface area contributed by atoms with E-state index in [-0.39, 0.29) is 36.3 Å². The number of benzene rings is 2. The molecule has 3 rings (SSSR count). The van der Waals surface area contributed by atoms with Gasteiger partial charge in [-0.25, -0.2) is 0 Å². The van der Waals surface area contributed by atoms with Gasteiger partial charge in [0.2, 0.25) is 5.91 Å². The molecule has 0 saturated carbocycles. The number of rotatable bonds is 7. The van der Waals surface area contributed by atoms with E-state index in [2.05, 4.69) is 5.32 Å². The van der Waals surface area contributed by atoms with E-state index in [1.807, 2.05) is 12.1 Å². The molecular formula is C21H19ClN2O4S2. The molecule has 1 aliphatic heterocycles. The number of thioether (sulfide) groups is 1. The largest absolute Gasteiger partial charge is 0.504 e. The summed E-state index contributed by atoms with van der Waals surface area (Å²) in [6, 6.07) is 11.7. The summed E-state index contributed by atoms with van der Waals surface area (Å²) in [5.41, 5.74) is 1.63. The second kappa shape index (κ2) is 9.97. The van der Waals surface area contributed by atoms with Crippen molar-refractivity contribution in [2.45, 2.75) is 12.8 Å². The summed E-state index contributed by atoms with van der Waals surface area (Å²) < 4.78 is 0.424. The van der Waals surface area contributed by atoms with Crippen molar-refractivity contribution in [3.05, 3.63) is 63.5 Å². The number of aromatic hydroxyl groups is 2. The first-order valence-electron chi connectivity index (χ1n) is 9.12. The van der Waals surface area contributed by atoms with Gasteiger partial charge in [-0.15, -0.1) is 0 Å². The van der Waals surface area contributed by atoms with Crippen LogP contribution in [-0.2, 0) is 16.0 Å². The number of hydrogen-bond donors (Lipinski definition) is 3. The lowest BCUT2D eigenvalue weighted by atomic mass is 10.1. The Hall–Kier alpha value is -2.55. The molecule has 1 aliphatic rings. The molecule has 3 N–H and O–H groups in total. The van der Waals surface area contributed by atoms with E-state index in [1.54, 1.807) is 24.3 Å². The molecule has 1 fully saturated rings. The number of halogens is 1. The molecule has 0 spiro atoms. The third-order valence-electron chi connectivity index (χ3n) is 4.38. The molecule has 0 unspecified atom stereocenters. The van der Waals surface area contributed by atoms with Crippen molar-refractivity contribution in [1.82, 2.24) is 10.2 Å². The minimum atomic E-state index is -0.215. The van der Waals surface area contributed by atoms with Gasteiger partial charge >= 0.3 is 0 Å². The third-order valence-corrected chi connectivity index (χ3v) is 6.01. The Bertz CT molecular complexity index is 1010. The van der Waals surface area contributed by atoms with Gasteiger partial charge in [0.1, 0.15) is 4.32 Å². The normalized spacial score (nSPS) is 15.1. The smallest absolute Gasteiger partial charge is 0.266 e. The Morgan fingerprint density at radius 1 is 1.17 bits per heavy atom. The Balaban J connectivity index is 1.48. The monoisotopic (exact) mass is 462 g/mol. The molecule has 2 aromatic carbocycles. The maximum absolute atomic E-state index is 12.6. The van der Waals surface area contributed by atoms with Crippen LogP contribution in [0.4, 0.5) is 0 Å². The number of nitrogens with zero attached hydrogens (tertiary/aromatic N) is 1. The predicted molar refractivity (Wildman–Crippen MR) is 122 cm³/mol. The summed E-state index contributed by atoms with van der Waals surface area (Å²) in [7, 11) is 0. The Morgan fingerprint density at radius 2 is 1.90 bits per heavy atom. The number of carbonyl (C=O) groups excluding carboxylic acids is 2. The van der Waals surface area contributed by atoms with Crippen molar-refractivity contribution in [3.8, 4) is 11.5 Å². The van der Waals surface area contributed by atoms with Gasteiger partial charge < -0.3 is 15.5 Å². The molecule has 0 radical (unpaired) electrons. The van der Waals surface area contributed by atoms with Crippen LogP contribution >= 0.6 is 35.6 Å². The zero-order valence-corrected chi connectivity index (χ0v) is 18.2. The zero-order valence-electron chi connectivity index (χ0n) is 15.8. The second-order valence-corrected chi connectivity index (χ2v) is 8.67. The fourth-order valence-electron chi connectivity index (χ4n) is 2.78. The lowest BCUT2D eigenvalue weighted by Crippen LogP contribution is -2.34. The first kappa shape index (κ1) is 22.1. The minimum Gasteiger partial charge on any atom is -0.504 e. The first-order valence-corrected chi connectivity index (χ1v) is 10.7. The summed E-state index contributed by atoms with van der Waals surface area (Å²) in [5.74, 6) is -0.794. The molecule has 1 saturated heterocycles. The predicted octanol–water partition coefficient (Wildman–Crippen LogP) is 3.70. The highest BCUT2D eigenvalue weighted by molar-refractivity contribution is 8.26. The maximum Gasteiger partial charge on any atom is 0.266 e. The van der Waals surface area contributed by atoms with Crippen LogP contribution in [0.25, 0.3) is 6.08 Å². The summed E-state index contributed by atoms with van der Waals surface area (Å²) in [6.45, 7) is 0.576. The Kier molecular flexibility index (Phi) is 7.36. The van der Waals surface area contributed by atoms with E-state index < -0.39 is 0 Å². The van der Waals surface area contributed by atoms with Gasteiger partial charge in [0.15, 0.2) is 11.5 Å². The number of phenolic OH excluding ortho intramolecular Hbond substituents is 2. The van der Waals surface area contributed by atoms with Crippen molar-refractivity contribution in [2.75, 3.05) is 13.1 Å². The highest BCUT2D eigenvalue weighted by Gasteiger charge is 2.32. The molecule has 0 aromatic heterocycles. The van der Waals surface area contributed by atoms with Gasteiger partial charge in [0.05, 0.1) is 4.91 Å². The van der Waals surface area contributed by atoms with Crippen molar-refractivity contribution in [3.63, 3.8) is 0 Å². The zero-order chi connectivity index (χ0) is 21.7. The molecule has 2 amide bonds. The quantitative estimate of drug-likeness (QED) is 0.330. The van der Waals surface area contributed by atoms with Crippen LogP contribution in [0.5, 0.6) is 11.5 Å². The van der Waals surface area contributed by atoms with Crippen LogP contribution in [0, 0.1) is 0 Å². The molecule has 2 aromatic rings. The molecule has 9 heteroatoms. The van der Waals surface area contributed by atoms with Crippen LogP contribution in [-0.4, -0.2) is 44.3 Å². The standard InChI is InChI=1S/C21H19ClN2O4S2/c22-15-4-1-13(2-5-15)12-18-20(28)24(21(29)30-18)10-8-19(27)23-9-7-14-3-6-16(25)17(26)11-14/h1-6,11-12,25-26H,7-10H2,(H,23,27)/b18-12-. The highest BCUT2D eigenvalue weighted by atomic mass is 35.5. The number of carbonyl (C=O) groups is 2. The molecular weight excluding hydrogens is 444 g/mol. The number of phenols is 2. The van der Waals surface area contributed by atoms with E-state index in [4.69, 9.17) is 23.8 Å². The fourth-order valence-corrected chi connectivity index (χ4v) is 4.21. The molecule has 0 atom stereocenters. The van der Waals surface area contributed by atoms with E-state index in [1.165, 1.54) is 28.8 Å². The number of thiocarbonyl (C=S) groups is 1. The topological polar surface area (TPSA) is 89.9 Å². The van der Waals surface area contributed by atoms with Gasteiger partial charge in [-0.05, 0) is 47.9 Å². The SMILES string of the molecule is O=C(CCN1C(=O)/C(=C/c2ccc(Cl)cc2)SC1=S)NCCc1ccc(O)c(O)c1. The third kappa shape index (κ3) is 5.75. The van der Waals surface area contributed by atoms with Crippen LogP contribution in [0.15, 0.2) is 47.4 Å². The van der Waals surface area contributed by atoms with Gasteiger partial charge in [-0.1, -0.05) is 53.8 Å². The molecule has 1 heterocycles. The van der Waals surface area contributed by atoms with Crippen LogP contribution in [0.3, 0.4) is 0 Å². The van der Waals surface area contributed by atoms with Crippen LogP contribution < -0.4 is 5.32 Å². The molecule has 0 bridgehead atoms. The first-order chi connectivity index (χ1) is 14.3. The van der Waals surface area contributed by atoms with Crippen molar-refractivity contribution in [1.29, 1.82) is 0 Å². The van der Waals surface area contributed by atoms with E-state index >= 15 is 0 Å².